The average Bonchev–Trinajstić information content (AvgIpc) is 3.24. The number of benzene rings is 1. The number of sulfonamides is 1. The van der Waals surface area contributed by atoms with E-state index in [1.54, 1.807) is 30.3 Å². The molecule has 1 aromatic carbocycles. The molecule has 0 spiro atoms. The lowest BCUT2D eigenvalue weighted by Gasteiger charge is -2.43. The van der Waals surface area contributed by atoms with Crippen LogP contribution in [0.5, 0.6) is 0 Å². The van der Waals surface area contributed by atoms with Crippen molar-refractivity contribution in [3.05, 3.63) is 30.5 Å². The molecule has 2 heterocycles. The molecule has 4 rings (SSSR count). The van der Waals surface area contributed by atoms with Gasteiger partial charge in [-0.15, -0.1) is 0 Å². The average molecular weight is 431 g/mol. The zero-order chi connectivity index (χ0) is 21.5. The van der Waals surface area contributed by atoms with Gasteiger partial charge >= 0.3 is 0 Å². The van der Waals surface area contributed by atoms with Gasteiger partial charge in [-0.2, -0.15) is 4.98 Å². The summed E-state index contributed by atoms with van der Waals surface area (Å²) in [5, 5.41) is 8.27. The Bertz CT molecular complexity index is 1050. The Hall–Kier alpha value is -2.72. The van der Waals surface area contributed by atoms with Crippen molar-refractivity contribution in [2.24, 2.45) is 5.14 Å². The van der Waals surface area contributed by atoms with E-state index in [-0.39, 0.29) is 16.8 Å². The van der Waals surface area contributed by atoms with Crippen LogP contribution in [-0.2, 0) is 14.8 Å². The van der Waals surface area contributed by atoms with Crippen LogP contribution < -0.4 is 20.3 Å². The van der Waals surface area contributed by atoms with Gasteiger partial charge in [0.25, 0.3) is 0 Å². The zero-order valence-corrected chi connectivity index (χ0v) is 17.9. The van der Waals surface area contributed by atoms with Crippen molar-refractivity contribution < 1.29 is 13.2 Å². The fourth-order valence-corrected chi connectivity index (χ4v) is 4.82. The molecule has 3 N–H and O–H groups in total. The highest BCUT2D eigenvalue weighted by molar-refractivity contribution is 7.89. The number of hydrogen-bond acceptors (Lipinski definition) is 7. The van der Waals surface area contributed by atoms with Gasteiger partial charge in [-0.3, -0.25) is 4.79 Å². The molecule has 10 heteroatoms. The first-order valence-electron chi connectivity index (χ1n) is 10.1. The molecule has 1 fully saturated rings. The Labute approximate surface area is 176 Å². The van der Waals surface area contributed by atoms with E-state index >= 15 is 0 Å². The number of nitrogens with zero attached hydrogens (tertiary/aromatic N) is 4. The summed E-state index contributed by atoms with van der Waals surface area (Å²) in [6.45, 7) is 2.02. The van der Waals surface area contributed by atoms with Gasteiger partial charge in [-0.25, -0.2) is 18.5 Å². The minimum absolute atomic E-state index is 0.0396. The number of nitrogens with one attached hydrogen (secondary N) is 1. The number of nitrogens with two attached hydrogens (primary N) is 1. The van der Waals surface area contributed by atoms with E-state index < -0.39 is 10.0 Å². The molecule has 1 aliphatic heterocycles. The van der Waals surface area contributed by atoms with Crippen LogP contribution in [-0.4, -0.2) is 43.4 Å². The van der Waals surface area contributed by atoms with Gasteiger partial charge in [0.15, 0.2) is 5.82 Å². The minimum atomic E-state index is -3.74. The number of amides is 1. The highest BCUT2D eigenvalue weighted by Crippen LogP contribution is 2.39. The summed E-state index contributed by atoms with van der Waals surface area (Å²) in [6, 6.07) is 6.15. The van der Waals surface area contributed by atoms with Crippen LogP contribution in [0.25, 0.3) is 0 Å². The molecule has 2 aliphatic rings. The number of carbonyl (C=O) groups is 1. The summed E-state index contributed by atoms with van der Waals surface area (Å²) >= 11 is 0. The van der Waals surface area contributed by atoms with Crippen molar-refractivity contribution in [2.45, 2.75) is 56.0 Å². The highest BCUT2D eigenvalue weighted by atomic mass is 32.2. The van der Waals surface area contributed by atoms with Crippen LogP contribution in [0.3, 0.4) is 0 Å². The molecule has 9 nitrogen and oxygen atoms in total. The maximum absolute atomic E-state index is 12.9. The first kappa shape index (κ1) is 20.5. The molecule has 0 saturated heterocycles. The van der Waals surface area contributed by atoms with E-state index in [9.17, 15) is 13.2 Å². The molecule has 1 aliphatic carbocycles. The molecule has 160 valence electrons. The second-order valence-corrected chi connectivity index (χ2v) is 9.33. The first-order chi connectivity index (χ1) is 14.3. The molecular formula is C20H26N6O3S. The van der Waals surface area contributed by atoms with E-state index in [0.29, 0.717) is 29.8 Å². The molecule has 0 unspecified atom stereocenters. The van der Waals surface area contributed by atoms with Gasteiger partial charge in [-0.1, -0.05) is 19.8 Å². The Kier molecular flexibility index (Phi) is 5.37. The fourth-order valence-electron chi connectivity index (χ4n) is 4.30. The van der Waals surface area contributed by atoms with E-state index in [1.807, 2.05) is 6.92 Å². The summed E-state index contributed by atoms with van der Waals surface area (Å²) in [7, 11) is -1.98. The summed E-state index contributed by atoms with van der Waals surface area (Å²) in [6.07, 6.45) is 6.78. The van der Waals surface area contributed by atoms with Crippen LogP contribution in [0.4, 0.5) is 23.1 Å². The summed E-state index contributed by atoms with van der Waals surface area (Å²) < 4.78 is 22.9. The van der Waals surface area contributed by atoms with Gasteiger partial charge in [-0.05, 0) is 43.5 Å². The Balaban J connectivity index is 1.68. The van der Waals surface area contributed by atoms with E-state index in [1.165, 1.54) is 12.1 Å². The number of primary sulfonamides is 1. The van der Waals surface area contributed by atoms with Crippen LogP contribution in [0.1, 0.15) is 39.0 Å². The lowest BCUT2D eigenvalue weighted by Crippen LogP contribution is -2.55. The lowest BCUT2D eigenvalue weighted by atomic mass is 10.0. The molecular weight excluding hydrogens is 404 g/mol. The quantitative estimate of drug-likeness (QED) is 0.747. The van der Waals surface area contributed by atoms with Crippen LogP contribution in [0, 0.1) is 0 Å². The van der Waals surface area contributed by atoms with Crippen molar-refractivity contribution >= 4 is 39.1 Å². The maximum atomic E-state index is 12.9. The van der Waals surface area contributed by atoms with Gasteiger partial charge in [0.2, 0.25) is 21.9 Å². The van der Waals surface area contributed by atoms with Crippen LogP contribution in [0.2, 0.25) is 0 Å². The van der Waals surface area contributed by atoms with E-state index in [4.69, 9.17) is 10.1 Å². The first-order valence-corrected chi connectivity index (χ1v) is 11.7. The number of fused-ring (bicyclic) bond motifs is 1. The third-order valence-corrected chi connectivity index (χ3v) is 6.78. The number of hydrogen-bond donors (Lipinski definition) is 2. The van der Waals surface area contributed by atoms with Gasteiger partial charge < -0.3 is 15.1 Å². The lowest BCUT2D eigenvalue weighted by molar-refractivity contribution is -0.120. The van der Waals surface area contributed by atoms with E-state index in [0.717, 1.165) is 31.5 Å². The minimum Gasteiger partial charge on any atom is -0.340 e. The molecule has 0 radical (unpaired) electrons. The number of likely N-dealkylation sites (N-methyl/N-ethyl adjacent to an activating group) is 1. The Morgan fingerprint density at radius 1 is 1.20 bits per heavy atom. The van der Waals surface area contributed by atoms with Crippen LogP contribution >= 0.6 is 0 Å². The normalized spacial score (nSPS) is 19.8. The number of aromatic nitrogens is 2. The third kappa shape index (κ3) is 3.72. The summed E-state index contributed by atoms with van der Waals surface area (Å²) in [5.41, 5.74) is 1.34. The molecule has 1 aromatic heterocycles. The predicted octanol–water partition coefficient (Wildman–Crippen LogP) is 2.37. The second kappa shape index (κ2) is 7.84. The van der Waals surface area contributed by atoms with Crippen molar-refractivity contribution in [1.82, 2.24) is 9.97 Å². The Morgan fingerprint density at radius 2 is 1.87 bits per heavy atom. The predicted molar refractivity (Wildman–Crippen MR) is 115 cm³/mol. The number of anilines is 4. The van der Waals surface area contributed by atoms with Gasteiger partial charge in [0.05, 0.1) is 11.1 Å². The van der Waals surface area contributed by atoms with Crippen LogP contribution in [0.15, 0.2) is 35.4 Å². The molecule has 1 amide bonds. The maximum Gasteiger partial charge on any atom is 0.249 e. The smallest absolute Gasteiger partial charge is 0.249 e. The van der Waals surface area contributed by atoms with Crippen molar-refractivity contribution in [2.75, 3.05) is 22.2 Å². The molecule has 1 atom stereocenters. The number of rotatable bonds is 5. The second-order valence-electron chi connectivity index (χ2n) is 7.76. The monoisotopic (exact) mass is 430 g/mol. The van der Waals surface area contributed by atoms with Crippen molar-refractivity contribution in [1.29, 1.82) is 0 Å². The largest absolute Gasteiger partial charge is 0.340 e. The Morgan fingerprint density at radius 3 is 2.47 bits per heavy atom. The SMILES string of the molecule is CC[C@@H]1C(=O)N(C)c2cnc(Nc3ccc(S(N)(=O)=O)cc3)nc2N1C1CCCC1. The van der Waals surface area contributed by atoms with Gasteiger partial charge in [0.1, 0.15) is 11.7 Å². The van der Waals surface area contributed by atoms with E-state index in [2.05, 4.69) is 15.2 Å². The third-order valence-electron chi connectivity index (χ3n) is 5.85. The molecule has 2 aromatic rings. The van der Waals surface area contributed by atoms with Gasteiger partial charge in [0, 0.05) is 18.8 Å². The fraction of sp³-hybridized carbons (Fsp3) is 0.450. The van der Waals surface area contributed by atoms with Crippen molar-refractivity contribution in [3.63, 3.8) is 0 Å². The molecule has 0 bridgehead atoms. The summed E-state index contributed by atoms with van der Waals surface area (Å²) in [5.74, 6) is 1.21. The standard InChI is InChI=1S/C20H26N6O3S/c1-3-16-19(27)25(2)17-12-22-20(24-18(17)26(16)14-6-4-5-7-14)23-13-8-10-15(11-9-13)30(21,28)29/h8-12,14,16H,3-7H2,1-2H3,(H2,21,28,29)(H,22,23,24)/t16-/m1/s1. The number of carbonyl (C=O) groups excluding carboxylic acids is 1. The molecule has 30 heavy (non-hydrogen) atoms. The summed E-state index contributed by atoms with van der Waals surface area (Å²) in [4.78, 5) is 25.9. The highest BCUT2D eigenvalue weighted by Gasteiger charge is 2.41. The topological polar surface area (TPSA) is 122 Å². The zero-order valence-electron chi connectivity index (χ0n) is 17.1. The van der Waals surface area contributed by atoms with Crippen molar-refractivity contribution in [3.8, 4) is 0 Å². The molecule has 1 saturated carbocycles.